The molecule has 0 saturated heterocycles. The lowest BCUT2D eigenvalue weighted by Gasteiger charge is -2.16. The monoisotopic (exact) mass is 446 g/mol. The van der Waals surface area contributed by atoms with Crippen LogP contribution in [0.2, 0.25) is 5.02 Å². The number of benzene rings is 3. The lowest BCUT2D eigenvalue weighted by molar-refractivity contribution is 0.0600. The Labute approximate surface area is 191 Å². The van der Waals surface area contributed by atoms with Crippen LogP contribution in [0.4, 0.5) is 0 Å². The maximum atomic E-state index is 13.3. The van der Waals surface area contributed by atoms with Crippen molar-refractivity contribution in [2.45, 2.75) is 19.5 Å². The molecule has 1 amide bonds. The van der Waals surface area contributed by atoms with Crippen LogP contribution in [-0.2, 0) is 11.3 Å². The summed E-state index contributed by atoms with van der Waals surface area (Å²) in [6.07, 6.45) is 0. The number of carbonyl (C=O) groups excluding carboxylic acids is 2. The molecular weight excluding hydrogens is 424 g/mol. The standard InChI is InChI=1S/C26H23ClN2O3/c1-17(19-9-11-20(12-10-19)26(31)32-2)28-25(30)24-15-21-5-3-4-6-23(21)29(24)16-18-7-13-22(27)14-8-18/h3-15,17H,16H2,1-2H3,(H,28,30)/t17-/m0/s1. The molecule has 1 N–H and O–H groups in total. The number of esters is 1. The van der Waals surface area contributed by atoms with Crippen molar-refractivity contribution in [2.75, 3.05) is 7.11 Å². The number of halogens is 1. The van der Waals surface area contributed by atoms with Crippen molar-refractivity contribution in [3.05, 3.63) is 106 Å². The predicted octanol–water partition coefficient (Wildman–Crippen LogP) is 5.62. The third kappa shape index (κ3) is 4.53. The molecule has 5 nitrogen and oxygen atoms in total. The van der Waals surface area contributed by atoms with Crippen LogP contribution in [0.15, 0.2) is 78.9 Å². The number of rotatable bonds is 6. The highest BCUT2D eigenvalue weighted by Crippen LogP contribution is 2.23. The maximum Gasteiger partial charge on any atom is 0.337 e. The molecule has 0 aliphatic carbocycles. The van der Waals surface area contributed by atoms with Crippen molar-refractivity contribution in [1.82, 2.24) is 9.88 Å². The molecule has 32 heavy (non-hydrogen) atoms. The van der Waals surface area contributed by atoms with Gasteiger partial charge in [-0.1, -0.05) is 54.1 Å². The van der Waals surface area contributed by atoms with Gasteiger partial charge < -0.3 is 14.6 Å². The molecule has 3 aromatic carbocycles. The molecule has 0 aliphatic heterocycles. The zero-order valence-electron chi connectivity index (χ0n) is 17.8. The number of nitrogens with zero attached hydrogens (tertiary/aromatic N) is 1. The number of hydrogen-bond donors (Lipinski definition) is 1. The minimum absolute atomic E-state index is 0.167. The molecule has 0 unspecified atom stereocenters. The van der Waals surface area contributed by atoms with Gasteiger partial charge in [0, 0.05) is 22.5 Å². The molecule has 1 aromatic heterocycles. The Kier molecular flexibility index (Phi) is 6.28. The van der Waals surface area contributed by atoms with E-state index in [0.29, 0.717) is 22.8 Å². The number of amides is 1. The Hall–Kier alpha value is -3.57. The van der Waals surface area contributed by atoms with Gasteiger partial charge in [-0.25, -0.2) is 4.79 Å². The summed E-state index contributed by atoms with van der Waals surface area (Å²) < 4.78 is 6.75. The molecule has 0 fully saturated rings. The Morgan fingerprint density at radius 2 is 1.69 bits per heavy atom. The number of ether oxygens (including phenoxy) is 1. The highest BCUT2D eigenvalue weighted by Gasteiger charge is 2.18. The van der Waals surface area contributed by atoms with Crippen molar-refractivity contribution >= 4 is 34.4 Å². The summed E-state index contributed by atoms with van der Waals surface area (Å²) in [6, 6.07) is 24.3. The van der Waals surface area contributed by atoms with Crippen LogP contribution in [0.3, 0.4) is 0 Å². The van der Waals surface area contributed by atoms with E-state index in [1.165, 1.54) is 7.11 Å². The predicted molar refractivity (Wildman–Crippen MR) is 126 cm³/mol. The quantitative estimate of drug-likeness (QED) is 0.391. The van der Waals surface area contributed by atoms with Gasteiger partial charge in [0.2, 0.25) is 0 Å². The van der Waals surface area contributed by atoms with E-state index in [4.69, 9.17) is 16.3 Å². The highest BCUT2D eigenvalue weighted by atomic mass is 35.5. The number of hydrogen-bond acceptors (Lipinski definition) is 3. The Balaban J connectivity index is 1.60. The van der Waals surface area contributed by atoms with E-state index in [2.05, 4.69) is 5.32 Å². The van der Waals surface area contributed by atoms with E-state index in [1.807, 2.05) is 78.2 Å². The summed E-state index contributed by atoms with van der Waals surface area (Å²) in [5.41, 5.74) is 3.99. The topological polar surface area (TPSA) is 60.3 Å². The minimum Gasteiger partial charge on any atom is -0.465 e. The third-order valence-corrected chi connectivity index (χ3v) is 5.73. The lowest BCUT2D eigenvalue weighted by atomic mass is 10.1. The van der Waals surface area contributed by atoms with Gasteiger partial charge in [0.1, 0.15) is 5.69 Å². The van der Waals surface area contributed by atoms with Crippen molar-refractivity contribution in [3.8, 4) is 0 Å². The van der Waals surface area contributed by atoms with Gasteiger partial charge in [-0.15, -0.1) is 0 Å². The number of fused-ring (bicyclic) bond motifs is 1. The van der Waals surface area contributed by atoms with Gasteiger partial charge in [-0.05, 0) is 54.4 Å². The summed E-state index contributed by atoms with van der Waals surface area (Å²) in [6.45, 7) is 2.47. The number of methoxy groups -OCH3 is 1. The summed E-state index contributed by atoms with van der Waals surface area (Å²) in [7, 11) is 1.35. The average molecular weight is 447 g/mol. The third-order valence-electron chi connectivity index (χ3n) is 5.48. The molecular formula is C26H23ClN2O3. The summed E-state index contributed by atoms with van der Waals surface area (Å²) in [5, 5.41) is 4.75. The van der Waals surface area contributed by atoms with Crippen LogP contribution in [0.25, 0.3) is 10.9 Å². The van der Waals surface area contributed by atoms with Crippen LogP contribution in [-0.4, -0.2) is 23.6 Å². The first-order valence-corrected chi connectivity index (χ1v) is 10.7. The smallest absolute Gasteiger partial charge is 0.337 e. The average Bonchev–Trinajstić information content (AvgIpc) is 3.18. The zero-order chi connectivity index (χ0) is 22.7. The van der Waals surface area contributed by atoms with Gasteiger partial charge >= 0.3 is 5.97 Å². The zero-order valence-corrected chi connectivity index (χ0v) is 18.6. The van der Waals surface area contributed by atoms with Gasteiger partial charge in [-0.3, -0.25) is 4.79 Å². The van der Waals surface area contributed by atoms with E-state index in [1.54, 1.807) is 12.1 Å². The molecule has 6 heteroatoms. The largest absolute Gasteiger partial charge is 0.465 e. The van der Waals surface area contributed by atoms with Crippen molar-refractivity contribution in [1.29, 1.82) is 0 Å². The number of carbonyl (C=O) groups is 2. The second kappa shape index (κ2) is 9.28. The fraction of sp³-hybridized carbons (Fsp3) is 0.154. The summed E-state index contributed by atoms with van der Waals surface area (Å²) in [4.78, 5) is 24.9. The highest BCUT2D eigenvalue weighted by molar-refractivity contribution is 6.30. The summed E-state index contributed by atoms with van der Waals surface area (Å²) >= 11 is 6.02. The SMILES string of the molecule is COC(=O)c1ccc([C@H](C)NC(=O)c2cc3ccccc3n2Cc2ccc(Cl)cc2)cc1. The Bertz CT molecular complexity index is 1260. The Morgan fingerprint density at radius 3 is 2.38 bits per heavy atom. The summed E-state index contributed by atoms with van der Waals surface area (Å²) in [5.74, 6) is -0.556. The van der Waals surface area contributed by atoms with Crippen LogP contribution >= 0.6 is 11.6 Å². The van der Waals surface area contributed by atoms with E-state index in [0.717, 1.165) is 22.0 Å². The van der Waals surface area contributed by atoms with Gasteiger partial charge in [-0.2, -0.15) is 0 Å². The van der Waals surface area contributed by atoms with Gasteiger partial charge in [0.05, 0.1) is 18.7 Å². The number of aromatic nitrogens is 1. The molecule has 0 spiro atoms. The molecule has 162 valence electrons. The second-order valence-electron chi connectivity index (χ2n) is 7.61. The number of para-hydroxylation sites is 1. The maximum absolute atomic E-state index is 13.3. The van der Waals surface area contributed by atoms with Crippen molar-refractivity contribution in [2.24, 2.45) is 0 Å². The van der Waals surface area contributed by atoms with Crippen LogP contribution in [0.5, 0.6) is 0 Å². The van der Waals surface area contributed by atoms with Crippen LogP contribution in [0, 0.1) is 0 Å². The molecule has 0 bridgehead atoms. The van der Waals surface area contributed by atoms with Gasteiger partial charge in [0.15, 0.2) is 0 Å². The van der Waals surface area contributed by atoms with Crippen molar-refractivity contribution < 1.29 is 14.3 Å². The first-order valence-electron chi connectivity index (χ1n) is 10.3. The van der Waals surface area contributed by atoms with Crippen LogP contribution in [0.1, 0.15) is 44.9 Å². The van der Waals surface area contributed by atoms with E-state index < -0.39 is 0 Å². The molecule has 4 rings (SSSR count). The molecule has 1 atom stereocenters. The molecule has 0 radical (unpaired) electrons. The van der Waals surface area contributed by atoms with E-state index in [-0.39, 0.29) is 17.9 Å². The molecule has 1 heterocycles. The Morgan fingerprint density at radius 1 is 1.00 bits per heavy atom. The number of nitrogens with one attached hydrogen (secondary N) is 1. The normalized spacial score (nSPS) is 11.8. The molecule has 0 aliphatic rings. The molecule has 0 saturated carbocycles. The van der Waals surface area contributed by atoms with Gasteiger partial charge in [0.25, 0.3) is 5.91 Å². The lowest BCUT2D eigenvalue weighted by Crippen LogP contribution is -2.28. The fourth-order valence-electron chi connectivity index (χ4n) is 3.72. The fourth-order valence-corrected chi connectivity index (χ4v) is 3.85. The van der Waals surface area contributed by atoms with Crippen molar-refractivity contribution in [3.63, 3.8) is 0 Å². The second-order valence-corrected chi connectivity index (χ2v) is 8.05. The van der Waals surface area contributed by atoms with E-state index >= 15 is 0 Å². The van der Waals surface area contributed by atoms with E-state index in [9.17, 15) is 9.59 Å². The first kappa shape index (κ1) is 21.7. The minimum atomic E-state index is -0.389. The first-order chi connectivity index (χ1) is 15.5. The molecule has 4 aromatic rings. The van der Waals surface area contributed by atoms with Crippen LogP contribution < -0.4 is 5.32 Å².